The lowest BCUT2D eigenvalue weighted by Crippen LogP contribution is -2.26. The highest BCUT2D eigenvalue weighted by Crippen LogP contribution is 1.95. The van der Waals surface area contributed by atoms with E-state index in [0.29, 0.717) is 5.92 Å². The predicted octanol–water partition coefficient (Wildman–Crippen LogP) is 0.602. The summed E-state index contributed by atoms with van der Waals surface area (Å²) in [6.07, 6.45) is 2.01. The Kier molecular flexibility index (Phi) is 7.62. The molecule has 1 aromatic rings. The van der Waals surface area contributed by atoms with Gasteiger partial charge in [-0.2, -0.15) is 0 Å². The fraction of sp³-hybridized carbons (Fsp3) is 0.846. The SMILES string of the molecule is COCCN(C)CCn1cc(CNCC(C)C)nn1. The summed E-state index contributed by atoms with van der Waals surface area (Å²) in [4.78, 5) is 2.22. The lowest BCUT2D eigenvalue weighted by molar-refractivity contribution is 0.158. The summed E-state index contributed by atoms with van der Waals surface area (Å²) in [6.45, 7) is 9.69. The van der Waals surface area contributed by atoms with E-state index in [1.165, 1.54) is 0 Å². The van der Waals surface area contributed by atoms with Gasteiger partial charge in [-0.15, -0.1) is 5.10 Å². The predicted molar refractivity (Wildman–Crippen MR) is 75.9 cm³/mol. The van der Waals surface area contributed by atoms with Crippen LogP contribution in [0.2, 0.25) is 0 Å². The van der Waals surface area contributed by atoms with Gasteiger partial charge in [-0.1, -0.05) is 19.1 Å². The lowest BCUT2D eigenvalue weighted by Gasteiger charge is -2.15. The zero-order chi connectivity index (χ0) is 14.1. The molecule has 1 aromatic heterocycles. The van der Waals surface area contributed by atoms with Crippen molar-refractivity contribution in [1.29, 1.82) is 0 Å². The van der Waals surface area contributed by atoms with Crippen molar-refractivity contribution in [3.63, 3.8) is 0 Å². The average molecular weight is 269 g/mol. The van der Waals surface area contributed by atoms with Crippen molar-refractivity contribution in [2.75, 3.05) is 40.4 Å². The standard InChI is InChI=1S/C13H27N5O/c1-12(2)9-14-10-13-11-18(16-15-13)6-5-17(3)7-8-19-4/h11-12,14H,5-10H2,1-4H3. The highest BCUT2D eigenvalue weighted by Gasteiger charge is 2.03. The maximum absolute atomic E-state index is 5.05. The van der Waals surface area contributed by atoms with Gasteiger partial charge in [0.05, 0.1) is 18.8 Å². The molecule has 0 fully saturated rings. The zero-order valence-corrected chi connectivity index (χ0v) is 12.6. The van der Waals surface area contributed by atoms with Gasteiger partial charge in [0.1, 0.15) is 0 Å². The minimum atomic E-state index is 0.657. The number of rotatable bonds is 10. The first-order valence-electron chi connectivity index (χ1n) is 6.89. The monoisotopic (exact) mass is 269 g/mol. The summed E-state index contributed by atoms with van der Waals surface area (Å²) < 4.78 is 6.95. The molecule has 0 saturated carbocycles. The second kappa shape index (κ2) is 9.01. The molecule has 19 heavy (non-hydrogen) atoms. The molecule has 0 aliphatic rings. The number of hydrogen-bond donors (Lipinski definition) is 1. The number of hydrogen-bond acceptors (Lipinski definition) is 5. The summed E-state index contributed by atoms with van der Waals surface area (Å²) >= 11 is 0. The first-order valence-corrected chi connectivity index (χ1v) is 6.89. The molecule has 110 valence electrons. The first kappa shape index (κ1) is 16.1. The van der Waals surface area contributed by atoms with E-state index >= 15 is 0 Å². The van der Waals surface area contributed by atoms with Crippen molar-refractivity contribution in [3.05, 3.63) is 11.9 Å². The molecule has 1 rings (SSSR count). The van der Waals surface area contributed by atoms with Gasteiger partial charge >= 0.3 is 0 Å². The highest BCUT2D eigenvalue weighted by atomic mass is 16.5. The average Bonchev–Trinajstić information content (AvgIpc) is 2.81. The summed E-state index contributed by atoms with van der Waals surface area (Å²) in [7, 11) is 3.81. The molecule has 1 heterocycles. The van der Waals surface area contributed by atoms with E-state index in [1.54, 1.807) is 7.11 Å². The molecule has 0 radical (unpaired) electrons. The van der Waals surface area contributed by atoms with Gasteiger partial charge in [-0.3, -0.25) is 4.68 Å². The molecular formula is C13H27N5O. The third-order valence-corrected chi connectivity index (χ3v) is 2.83. The Morgan fingerprint density at radius 2 is 2.21 bits per heavy atom. The molecule has 0 saturated heterocycles. The highest BCUT2D eigenvalue weighted by molar-refractivity contribution is 4.91. The summed E-state index contributed by atoms with van der Waals surface area (Å²) in [6, 6.07) is 0. The number of methoxy groups -OCH3 is 1. The Morgan fingerprint density at radius 3 is 2.89 bits per heavy atom. The van der Waals surface area contributed by atoms with Crippen LogP contribution in [0.4, 0.5) is 0 Å². The van der Waals surface area contributed by atoms with Gasteiger partial charge in [0.25, 0.3) is 0 Å². The number of likely N-dealkylation sites (N-methyl/N-ethyl adjacent to an activating group) is 1. The molecule has 0 unspecified atom stereocenters. The number of ether oxygens (including phenoxy) is 1. The normalized spacial score (nSPS) is 11.7. The van der Waals surface area contributed by atoms with Crippen molar-refractivity contribution in [3.8, 4) is 0 Å². The van der Waals surface area contributed by atoms with Crippen LogP contribution < -0.4 is 5.32 Å². The van der Waals surface area contributed by atoms with Gasteiger partial charge in [0.15, 0.2) is 0 Å². The topological polar surface area (TPSA) is 55.2 Å². The molecule has 0 aliphatic heterocycles. The third kappa shape index (κ3) is 7.25. The second-order valence-electron chi connectivity index (χ2n) is 5.29. The fourth-order valence-corrected chi connectivity index (χ4v) is 1.65. The van der Waals surface area contributed by atoms with Crippen LogP contribution >= 0.6 is 0 Å². The number of nitrogens with one attached hydrogen (secondary N) is 1. The second-order valence-corrected chi connectivity index (χ2v) is 5.29. The van der Waals surface area contributed by atoms with Crippen molar-refractivity contribution in [2.24, 2.45) is 5.92 Å². The number of aromatic nitrogens is 3. The van der Waals surface area contributed by atoms with Gasteiger partial charge in [0.2, 0.25) is 0 Å². The van der Waals surface area contributed by atoms with E-state index in [-0.39, 0.29) is 0 Å². The molecule has 6 heteroatoms. The Hall–Kier alpha value is -0.980. The van der Waals surface area contributed by atoms with Crippen LogP contribution in [0.15, 0.2) is 6.20 Å². The Labute approximate surface area is 116 Å². The summed E-state index contributed by atoms with van der Waals surface area (Å²) in [5, 5.41) is 11.7. The maximum Gasteiger partial charge on any atom is 0.0964 e. The molecule has 0 bridgehead atoms. The van der Waals surface area contributed by atoms with Crippen LogP contribution in [0.1, 0.15) is 19.5 Å². The van der Waals surface area contributed by atoms with Crippen LogP contribution in [-0.2, 0) is 17.8 Å². The smallest absolute Gasteiger partial charge is 0.0964 e. The summed E-state index contributed by atoms with van der Waals surface area (Å²) in [5.41, 5.74) is 1.00. The Balaban J connectivity index is 2.22. The fourth-order valence-electron chi connectivity index (χ4n) is 1.65. The molecule has 0 atom stereocenters. The minimum absolute atomic E-state index is 0.657. The molecule has 0 aromatic carbocycles. The Bertz CT molecular complexity index is 340. The van der Waals surface area contributed by atoms with E-state index in [9.17, 15) is 0 Å². The van der Waals surface area contributed by atoms with E-state index in [1.807, 2.05) is 10.9 Å². The van der Waals surface area contributed by atoms with E-state index < -0.39 is 0 Å². The lowest BCUT2D eigenvalue weighted by atomic mass is 10.2. The molecular weight excluding hydrogens is 242 g/mol. The molecule has 1 N–H and O–H groups in total. The zero-order valence-electron chi connectivity index (χ0n) is 12.6. The third-order valence-electron chi connectivity index (χ3n) is 2.83. The van der Waals surface area contributed by atoms with Gasteiger partial charge < -0.3 is 15.0 Å². The van der Waals surface area contributed by atoms with Crippen molar-refractivity contribution in [2.45, 2.75) is 26.9 Å². The van der Waals surface area contributed by atoms with E-state index in [4.69, 9.17) is 4.74 Å². The number of nitrogens with zero attached hydrogens (tertiary/aromatic N) is 4. The van der Waals surface area contributed by atoms with Crippen molar-refractivity contribution < 1.29 is 4.74 Å². The van der Waals surface area contributed by atoms with Crippen LogP contribution in [0, 0.1) is 5.92 Å². The minimum Gasteiger partial charge on any atom is -0.383 e. The van der Waals surface area contributed by atoms with Crippen LogP contribution in [0.25, 0.3) is 0 Å². The largest absolute Gasteiger partial charge is 0.383 e. The van der Waals surface area contributed by atoms with E-state index in [0.717, 1.165) is 45.0 Å². The molecule has 6 nitrogen and oxygen atoms in total. The van der Waals surface area contributed by atoms with Crippen LogP contribution in [0.3, 0.4) is 0 Å². The van der Waals surface area contributed by atoms with Crippen molar-refractivity contribution in [1.82, 2.24) is 25.2 Å². The Morgan fingerprint density at radius 1 is 1.42 bits per heavy atom. The van der Waals surface area contributed by atoms with Crippen LogP contribution in [0.5, 0.6) is 0 Å². The van der Waals surface area contributed by atoms with Gasteiger partial charge in [-0.25, -0.2) is 0 Å². The summed E-state index contributed by atoms with van der Waals surface area (Å²) in [5.74, 6) is 0.657. The van der Waals surface area contributed by atoms with Gasteiger partial charge in [0, 0.05) is 32.9 Å². The first-order chi connectivity index (χ1) is 9.11. The quantitative estimate of drug-likeness (QED) is 0.674. The van der Waals surface area contributed by atoms with E-state index in [2.05, 4.69) is 41.4 Å². The molecule has 0 aliphatic carbocycles. The maximum atomic E-state index is 5.05. The van der Waals surface area contributed by atoms with Crippen molar-refractivity contribution >= 4 is 0 Å². The molecule has 0 amide bonds. The van der Waals surface area contributed by atoms with Gasteiger partial charge in [-0.05, 0) is 19.5 Å². The van der Waals surface area contributed by atoms with Crippen LogP contribution in [-0.4, -0.2) is 60.3 Å². The molecule has 0 spiro atoms.